The summed E-state index contributed by atoms with van der Waals surface area (Å²) in [7, 11) is 0. The highest BCUT2D eigenvalue weighted by Crippen LogP contribution is 2.26. The zero-order chi connectivity index (χ0) is 14.7. The largest absolute Gasteiger partial charge is 0.411 e. The molecule has 0 aliphatic rings. The van der Waals surface area contributed by atoms with Crippen LogP contribution in [0.25, 0.3) is 11.5 Å². The summed E-state index contributed by atoms with van der Waals surface area (Å²) in [5, 5.41) is 8.81. The van der Waals surface area contributed by atoms with Gasteiger partial charge in [-0.15, -0.1) is 10.2 Å². The van der Waals surface area contributed by atoms with Gasteiger partial charge in [-0.3, -0.25) is 0 Å². The van der Waals surface area contributed by atoms with Crippen molar-refractivity contribution in [1.82, 2.24) is 10.2 Å². The molecule has 3 aromatic rings. The first kappa shape index (κ1) is 13.9. The summed E-state index contributed by atoms with van der Waals surface area (Å²) >= 11 is 1.56. The van der Waals surface area contributed by atoms with Gasteiger partial charge in [0.1, 0.15) is 0 Å². The average Bonchev–Trinajstić information content (AvgIpc) is 2.95. The van der Waals surface area contributed by atoms with Gasteiger partial charge < -0.3 is 4.42 Å². The van der Waals surface area contributed by atoms with Crippen molar-refractivity contribution in [2.45, 2.75) is 24.8 Å². The molecule has 0 saturated heterocycles. The highest BCUT2D eigenvalue weighted by Gasteiger charge is 2.09. The normalized spacial score (nSPS) is 10.8. The minimum Gasteiger partial charge on any atom is -0.411 e. The van der Waals surface area contributed by atoms with Gasteiger partial charge in [-0.25, -0.2) is 0 Å². The summed E-state index contributed by atoms with van der Waals surface area (Å²) in [6.45, 7) is 4.15. The standard InChI is InChI=1S/C17H16N2OS/c1-12-6-8-15(9-7-12)16-18-19-17(20-16)21-11-14-5-3-4-13(2)10-14/h3-10H,11H2,1-2H3. The van der Waals surface area contributed by atoms with Crippen molar-refractivity contribution in [2.24, 2.45) is 0 Å². The van der Waals surface area contributed by atoms with Crippen molar-refractivity contribution in [2.75, 3.05) is 0 Å². The monoisotopic (exact) mass is 296 g/mol. The van der Waals surface area contributed by atoms with Crippen molar-refractivity contribution in [3.05, 3.63) is 65.2 Å². The second kappa shape index (κ2) is 6.14. The summed E-state index contributed by atoms with van der Waals surface area (Å²) in [5.74, 6) is 1.40. The minimum atomic E-state index is 0.571. The maximum atomic E-state index is 5.70. The molecule has 4 heteroatoms. The van der Waals surface area contributed by atoms with Crippen LogP contribution < -0.4 is 0 Å². The maximum absolute atomic E-state index is 5.70. The second-order valence-electron chi connectivity index (χ2n) is 5.02. The minimum absolute atomic E-state index is 0.571. The van der Waals surface area contributed by atoms with Crippen LogP contribution in [0.5, 0.6) is 0 Å². The molecular weight excluding hydrogens is 280 g/mol. The molecule has 3 rings (SSSR count). The lowest BCUT2D eigenvalue weighted by Crippen LogP contribution is -1.81. The van der Waals surface area contributed by atoms with Gasteiger partial charge in [0, 0.05) is 11.3 Å². The van der Waals surface area contributed by atoms with E-state index in [1.807, 2.05) is 24.3 Å². The van der Waals surface area contributed by atoms with Crippen molar-refractivity contribution in [3.8, 4) is 11.5 Å². The Morgan fingerprint density at radius 1 is 0.952 bits per heavy atom. The fourth-order valence-electron chi connectivity index (χ4n) is 2.03. The Balaban J connectivity index is 1.69. The third kappa shape index (κ3) is 3.52. The Morgan fingerprint density at radius 2 is 1.76 bits per heavy atom. The van der Waals surface area contributed by atoms with Crippen molar-refractivity contribution < 1.29 is 4.42 Å². The van der Waals surface area contributed by atoms with Gasteiger partial charge in [-0.1, -0.05) is 59.3 Å². The maximum Gasteiger partial charge on any atom is 0.277 e. The zero-order valence-electron chi connectivity index (χ0n) is 12.0. The number of hydrogen-bond donors (Lipinski definition) is 0. The lowest BCUT2D eigenvalue weighted by atomic mass is 10.1. The van der Waals surface area contributed by atoms with Crippen LogP contribution in [-0.4, -0.2) is 10.2 Å². The lowest BCUT2D eigenvalue weighted by Gasteiger charge is -1.99. The van der Waals surface area contributed by atoms with Crippen LogP contribution in [0.3, 0.4) is 0 Å². The smallest absolute Gasteiger partial charge is 0.277 e. The van der Waals surface area contributed by atoms with Crippen LogP contribution in [0.1, 0.15) is 16.7 Å². The molecule has 0 bridgehead atoms. The summed E-state index contributed by atoms with van der Waals surface area (Å²) in [6, 6.07) is 16.5. The molecule has 0 aliphatic carbocycles. The van der Waals surface area contributed by atoms with Gasteiger partial charge in [0.25, 0.3) is 5.22 Å². The number of rotatable bonds is 4. The first-order valence-corrected chi connectivity index (χ1v) is 7.78. The molecule has 0 spiro atoms. The number of benzene rings is 2. The van der Waals surface area contributed by atoms with E-state index < -0.39 is 0 Å². The van der Waals surface area contributed by atoms with Crippen LogP contribution in [0.2, 0.25) is 0 Å². The Bertz CT molecular complexity index is 735. The van der Waals surface area contributed by atoms with Crippen LogP contribution in [0.15, 0.2) is 58.2 Å². The van der Waals surface area contributed by atoms with E-state index in [1.54, 1.807) is 11.8 Å². The van der Waals surface area contributed by atoms with Gasteiger partial charge in [-0.05, 0) is 31.5 Å². The van der Waals surface area contributed by atoms with E-state index in [1.165, 1.54) is 16.7 Å². The first-order chi connectivity index (χ1) is 10.2. The SMILES string of the molecule is Cc1ccc(-c2nnc(SCc3cccc(C)c3)o2)cc1. The molecule has 1 heterocycles. The summed E-state index contributed by atoms with van der Waals surface area (Å²) in [6.07, 6.45) is 0. The molecule has 0 atom stereocenters. The van der Waals surface area contributed by atoms with Crippen LogP contribution in [0.4, 0.5) is 0 Å². The fourth-order valence-corrected chi connectivity index (χ4v) is 2.73. The van der Waals surface area contributed by atoms with E-state index in [2.05, 4.69) is 48.3 Å². The molecule has 0 radical (unpaired) electrons. The highest BCUT2D eigenvalue weighted by molar-refractivity contribution is 7.98. The Kier molecular flexibility index (Phi) is 4.06. The van der Waals surface area contributed by atoms with Gasteiger partial charge in [0.05, 0.1) is 0 Å². The molecular formula is C17H16N2OS. The van der Waals surface area contributed by atoms with E-state index in [0.717, 1.165) is 11.3 Å². The molecule has 0 unspecified atom stereocenters. The Morgan fingerprint density at radius 3 is 2.52 bits per heavy atom. The summed E-state index contributed by atoms with van der Waals surface area (Å²) in [4.78, 5) is 0. The second-order valence-corrected chi connectivity index (χ2v) is 5.94. The molecule has 0 N–H and O–H groups in total. The molecule has 0 fully saturated rings. The molecule has 106 valence electrons. The third-order valence-corrected chi connectivity index (χ3v) is 4.04. The molecule has 0 amide bonds. The van der Waals surface area contributed by atoms with Gasteiger partial charge in [0.15, 0.2) is 0 Å². The number of aryl methyl sites for hydroxylation is 2. The van der Waals surface area contributed by atoms with Crippen molar-refractivity contribution >= 4 is 11.8 Å². The Labute approximate surface area is 128 Å². The lowest BCUT2D eigenvalue weighted by molar-refractivity contribution is 0.466. The molecule has 21 heavy (non-hydrogen) atoms. The fraction of sp³-hybridized carbons (Fsp3) is 0.176. The molecule has 3 nitrogen and oxygen atoms in total. The van der Waals surface area contributed by atoms with E-state index in [4.69, 9.17) is 4.42 Å². The van der Waals surface area contributed by atoms with E-state index in [0.29, 0.717) is 11.1 Å². The quantitative estimate of drug-likeness (QED) is 0.657. The van der Waals surface area contributed by atoms with Crippen LogP contribution in [-0.2, 0) is 5.75 Å². The average molecular weight is 296 g/mol. The summed E-state index contributed by atoms with van der Waals surface area (Å²) < 4.78 is 5.70. The number of thioether (sulfide) groups is 1. The molecule has 0 aliphatic heterocycles. The number of aromatic nitrogens is 2. The van der Waals surface area contributed by atoms with Crippen LogP contribution in [0, 0.1) is 13.8 Å². The summed E-state index contributed by atoms with van der Waals surface area (Å²) in [5.41, 5.74) is 4.69. The molecule has 2 aromatic carbocycles. The van der Waals surface area contributed by atoms with E-state index in [-0.39, 0.29) is 0 Å². The highest BCUT2D eigenvalue weighted by atomic mass is 32.2. The van der Waals surface area contributed by atoms with Gasteiger partial charge in [0.2, 0.25) is 5.89 Å². The third-order valence-electron chi connectivity index (χ3n) is 3.15. The van der Waals surface area contributed by atoms with Crippen molar-refractivity contribution in [3.63, 3.8) is 0 Å². The van der Waals surface area contributed by atoms with Gasteiger partial charge >= 0.3 is 0 Å². The predicted octanol–water partition coefficient (Wildman–Crippen LogP) is 4.65. The van der Waals surface area contributed by atoms with Gasteiger partial charge in [-0.2, -0.15) is 0 Å². The number of hydrogen-bond acceptors (Lipinski definition) is 4. The first-order valence-electron chi connectivity index (χ1n) is 6.79. The topological polar surface area (TPSA) is 38.9 Å². The van der Waals surface area contributed by atoms with E-state index in [9.17, 15) is 0 Å². The predicted molar refractivity (Wildman–Crippen MR) is 85.2 cm³/mol. The van der Waals surface area contributed by atoms with Crippen molar-refractivity contribution in [1.29, 1.82) is 0 Å². The Hall–Kier alpha value is -2.07. The van der Waals surface area contributed by atoms with E-state index >= 15 is 0 Å². The zero-order valence-corrected chi connectivity index (χ0v) is 12.9. The van der Waals surface area contributed by atoms with Crippen LogP contribution >= 0.6 is 11.8 Å². The molecule has 1 aromatic heterocycles. The number of nitrogens with zero attached hydrogens (tertiary/aromatic N) is 2. The molecule has 0 saturated carbocycles.